The Kier molecular flexibility index (Phi) is 22.3. The third kappa shape index (κ3) is 18.9. The molecule has 0 saturated heterocycles. The fourth-order valence-electron chi connectivity index (χ4n) is 2.94. The average molecular weight is 658 g/mol. The van der Waals surface area contributed by atoms with E-state index in [1.54, 1.807) is 57.2 Å². The van der Waals surface area contributed by atoms with Crippen molar-refractivity contribution in [1.82, 2.24) is 4.98 Å². The lowest BCUT2D eigenvalue weighted by Gasteiger charge is -2.04. The lowest BCUT2D eigenvalue weighted by molar-refractivity contribution is 0.394. The number of thiocarbonyl (C=S) groups is 4. The molecule has 0 saturated carbocycles. The fourth-order valence-corrected chi connectivity index (χ4v) is 3.33. The number of nitrogens with zero attached hydrogens (tertiary/aromatic N) is 5. The molecule has 0 unspecified atom stereocenters. The quantitative estimate of drug-likeness (QED) is 0.125. The first kappa shape index (κ1) is 37.6. The molecule has 7 nitrogen and oxygen atoms in total. The third-order valence-electron chi connectivity index (χ3n) is 4.89. The van der Waals surface area contributed by atoms with Crippen molar-refractivity contribution in [3.05, 3.63) is 115 Å². The maximum atomic E-state index is 5.04. The number of methoxy groups -OCH3 is 2. The van der Waals surface area contributed by atoms with Crippen LogP contribution in [0, 0.1) is 0 Å². The molecule has 0 amide bonds. The Bertz CT molecular complexity index is 1450. The highest BCUT2D eigenvalue weighted by molar-refractivity contribution is 7.80. The van der Waals surface area contributed by atoms with E-state index >= 15 is 0 Å². The first-order chi connectivity index (χ1) is 21.6. The largest absolute Gasteiger partial charge is 0.497 e. The molecule has 0 aliphatic carbocycles. The number of isothiocyanates is 2. The molecule has 0 N–H and O–H groups in total. The molecular weight excluding hydrogens is 627 g/mol. The topological polar surface area (TPSA) is 80.8 Å². The number of rotatable bonds is 10. The van der Waals surface area contributed by atoms with Gasteiger partial charge in [0.2, 0.25) is 0 Å². The van der Waals surface area contributed by atoms with Crippen molar-refractivity contribution < 1.29 is 9.47 Å². The molecule has 4 aromatic rings. The minimum absolute atomic E-state index is 0.654. The van der Waals surface area contributed by atoms with Crippen LogP contribution < -0.4 is 9.47 Å². The number of aliphatic imine (C=N–C) groups is 4. The number of benzene rings is 3. The van der Waals surface area contributed by atoms with Crippen LogP contribution in [0.4, 0.5) is 11.4 Å². The van der Waals surface area contributed by atoms with E-state index in [4.69, 9.17) is 9.47 Å². The molecule has 0 radical (unpaired) electrons. The Morgan fingerprint density at radius 2 is 1.16 bits per heavy atom. The monoisotopic (exact) mass is 657 g/mol. The minimum Gasteiger partial charge on any atom is -0.497 e. The van der Waals surface area contributed by atoms with Crippen molar-refractivity contribution >= 4 is 93.7 Å². The molecule has 0 spiro atoms. The smallest absolute Gasteiger partial charge is 0.124 e. The maximum absolute atomic E-state index is 5.04. The van der Waals surface area contributed by atoms with E-state index in [1.165, 1.54) is 16.3 Å². The second-order valence-electron chi connectivity index (χ2n) is 7.91. The van der Waals surface area contributed by atoms with Crippen LogP contribution in [0.1, 0.15) is 11.1 Å². The normalized spacial score (nSPS) is 9.32. The lowest BCUT2D eigenvalue weighted by atomic mass is 10.2. The van der Waals surface area contributed by atoms with Gasteiger partial charge >= 0.3 is 0 Å². The van der Waals surface area contributed by atoms with E-state index in [1.807, 2.05) is 72.8 Å². The van der Waals surface area contributed by atoms with Crippen LogP contribution >= 0.6 is 48.9 Å². The highest BCUT2D eigenvalue weighted by Gasteiger charge is 1.99. The summed E-state index contributed by atoms with van der Waals surface area (Å²) in [5.41, 5.74) is 3.83. The Morgan fingerprint density at radius 1 is 0.659 bits per heavy atom. The van der Waals surface area contributed by atoms with Gasteiger partial charge in [0.1, 0.15) is 11.5 Å². The van der Waals surface area contributed by atoms with Gasteiger partial charge in [-0.2, -0.15) is 9.98 Å². The molecule has 0 aliphatic rings. The summed E-state index contributed by atoms with van der Waals surface area (Å²) in [6.45, 7) is 1.37. The Hall–Kier alpha value is -4.47. The highest BCUT2D eigenvalue weighted by Crippen LogP contribution is 2.27. The van der Waals surface area contributed by atoms with Gasteiger partial charge in [-0.05, 0) is 53.8 Å². The van der Waals surface area contributed by atoms with Crippen molar-refractivity contribution in [2.24, 2.45) is 20.0 Å². The molecule has 11 heteroatoms. The van der Waals surface area contributed by atoms with Gasteiger partial charge in [0.05, 0.1) is 49.0 Å². The SMILES string of the molecule is COc1cc(N=C=S)cc(OC)c1.S=C=Nc1ccccc1.S=CC=NCc1ccccc1.S=CC=NCc1cccnc1. The number of hydrogen-bond donors (Lipinski definition) is 0. The molecule has 0 aliphatic heterocycles. The van der Waals surface area contributed by atoms with E-state index in [-0.39, 0.29) is 0 Å². The highest BCUT2D eigenvalue weighted by atomic mass is 32.1. The summed E-state index contributed by atoms with van der Waals surface area (Å²) in [5, 5.41) is 7.59. The van der Waals surface area contributed by atoms with E-state index in [0.717, 1.165) is 11.3 Å². The number of para-hydroxylation sites is 1. The summed E-state index contributed by atoms with van der Waals surface area (Å²) in [4.78, 5) is 19.7. The van der Waals surface area contributed by atoms with Crippen LogP contribution in [-0.4, -0.2) is 52.7 Å². The molecular formula is C33H31N5O2S4. The van der Waals surface area contributed by atoms with Gasteiger partial charge in [0, 0.05) is 53.8 Å². The van der Waals surface area contributed by atoms with Crippen LogP contribution in [-0.2, 0) is 13.1 Å². The number of aromatic nitrogens is 1. The fraction of sp³-hybridized carbons (Fsp3) is 0.121. The maximum Gasteiger partial charge on any atom is 0.124 e. The summed E-state index contributed by atoms with van der Waals surface area (Å²) < 4.78 is 10.1. The van der Waals surface area contributed by atoms with Gasteiger partial charge in [-0.15, -0.1) is 0 Å². The first-order valence-electron chi connectivity index (χ1n) is 12.8. The zero-order valence-electron chi connectivity index (χ0n) is 24.2. The summed E-state index contributed by atoms with van der Waals surface area (Å²) in [6, 6.07) is 28.7. The number of ether oxygens (including phenoxy) is 2. The van der Waals surface area contributed by atoms with Crippen LogP contribution in [0.25, 0.3) is 0 Å². The summed E-state index contributed by atoms with van der Waals surface area (Å²) in [7, 11) is 3.17. The van der Waals surface area contributed by atoms with Gasteiger partial charge in [-0.1, -0.05) is 79.0 Å². The zero-order valence-corrected chi connectivity index (χ0v) is 27.5. The van der Waals surface area contributed by atoms with Crippen molar-refractivity contribution in [1.29, 1.82) is 0 Å². The van der Waals surface area contributed by atoms with Crippen LogP contribution in [0.2, 0.25) is 0 Å². The van der Waals surface area contributed by atoms with Crippen LogP contribution in [0.15, 0.2) is 123 Å². The predicted molar refractivity (Wildman–Crippen MR) is 198 cm³/mol. The second kappa shape index (κ2) is 26.2. The van der Waals surface area contributed by atoms with Crippen molar-refractivity contribution in [2.45, 2.75) is 13.1 Å². The van der Waals surface area contributed by atoms with Gasteiger partial charge in [-0.25, -0.2) is 0 Å². The second-order valence-corrected chi connectivity index (χ2v) is 8.82. The molecule has 0 bridgehead atoms. The van der Waals surface area contributed by atoms with Gasteiger partial charge in [0.15, 0.2) is 0 Å². The van der Waals surface area contributed by atoms with Crippen LogP contribution in [0.3, 0.4) is 0 Å². The Balaban J connectivity index is 0.000000295. The first-order valence-corrected chi connectivity index (χ1v) is 14.6. The van der Waals surface area contributed by atoms with Crippen molar-refractivity contribution in [3.8, 4) is 11.5 Å². The summed E-state index contributed by atoms with van der Waals surface area (Å²) in [6.07, 6.45) is 6.79. The zero-order chi connectivity index (χ0) is 32.1. The number of hydrogen-bond acceptors (Lipinski definition) is 11. The third-order valence-corrected chi connectivity index (χ3v) is 5.31. The summed E-state index contributed by atoms with van der Waals surface area (Å²) >= 11 is 18.1. The van der Waals surface area contributed by atoms with Gasteiger partial charge in [-0.3, -0.25) is 15.0 Å². The predicted octanol–water partition coefficient (Wildman–Crippen LogP) is 8.77. The molecule has 0 atom stereocenters. The standard InChI is InChI=1S/C9H9NO2S.C9H9NS.C8H8N2S.C7H5NS/c1-11-8-3-7(10-6-13)4-9(5-8)12-2;11-7-6-10-8-9-4-2-1-3-5-9;11-5-4-10-7-8-2-1-3-9-6-8;9-6-8-7-4-2-1-3-5-7/h3-5H,1-2H3;1-7H,8H2;1-6H,7H2;1-5H. The van der Waals surface area contributed by atoms with Crippen molar-refractivity contribution in [2.75, 3.05) is 14.2 Å². The molecule has 1 heterocycles. The van der Waals surface area contributed by atoms with E-state index in [2.05, 4.69) is 84.1 Å². The molecule has 224 valence electrons. The Morgan fingerprint density at radius 3 is 1.64 bits per heavy atom. The number of pyridine rings is 1. The van der Waals surface area contributed by atoms with E-state index in [9.17, 15) is 0 Å². The van der Waals surface area contributed by atoms with Crippen molar-refractivity contribution in [3.63, 3.8) is 0 Å². The average Bonchev–Trinajstić information content (AvgIpc) is 3.07. The lowest BCUT2D eigenvalue weighted by Crippen LogP contribution is -1.86. The van der Waals surface area contributed by atoms with Gasteiger partial charge in [0.25, 0.3) is 0 Å². The molecule has 0 fully saturated rings. The van der Waals surface area contributed by atoms with E-state index in [0.29, 0.717) is 30.3 Å². The van der Waals surface area contributed by atoms with Crippen LogP contribution in [0.5, 0.6) is 11.5 Å². The minimum atomic E-state index is 0.654. The molecule has 44 heavy (non-hydrogen) atoms. The van der Waals surface area contributed by atoms with E-state index < -0.39 is 0 Å². The Labute approximate surface area is 280 Å². The molecule has 3 aromatic carbocycles. The van der Waals surface area contributed by atoms with Gasteiger partial charge < -0.3 is 9.47 Å². The molecule has 4 rings (SSSR count). The summed E-state index contributed by atoms with van der Waals surface area (Å²) in [5.74, 6) is 1.37. The molecule has 1 aromatic heterocycles.